The molecule has 1 saturated carbocycles. The Kier molecular flexibility index (Phi) is 6.62. The number of nitrogens with zero attached hydrogens (tertiary/aromatic N) is 5. The average molecular weight is 512 g/mol. The van der Waals surface area contributed by atoms with E-state index < -0.39 is 0 Å². The first kappa shape index (κ1) is 24.6. The van der Waals surface area contributed by atoms with Gasteiger partial charge in [0.2, 0.25) is 0 Å². The molecule has 196 valence electrons. The summed E-state index contributed by atoms with van der Waals surface area (Å²) < 4.78 is 16.1. The third kappa shape index (κ3) is 4.78. The Morgan fingerprint density at radius 3 is 2.45 bits per heavy atom. The number of carbonyl (C=O) groups excluding carboxylic acids is 1. The van der Waals surface area contributed by atoms with E-state index in [1.54, 1.807) is 6.07 Å². The van der Waals surface area contributed by atoms with Crippen LogP contribution in [0.5, 0.6) is 0 Å². The van der Waals surface area contributed by atoms with Gasteiger partial charge in [-0.3, -0.25) is 4.79 Å². The van der Waals surface area contributed by atoms with E-state index in [4.69, 9.17) is 5.10 Å². The Morgan fingerprint density at radius 2 is 1.74 bits per heavy atom. The number of piperazine rings is 1. The van der Waals surface area contributed by atoms with Crippen molar-refractivity contribution in [2.24, 2.45) is 0 Å². The van der Waals surface area contributed by atoms with Crippen molar-refractivity contribution < 1.29 is 9.18 Å². The summed E-state index contributed by atoms with van der Waals surface area (Å²) in [4.78, 5) is 20.7. The number of carbonyl (C=O) groups is 1. The van der Waals surface area contributed by atoms with E-state index in [1.807, 2.05) is 52.9 Å². The SMILES string of the molecule is CCN1CCN(c2c(CN(C(=O)c3ccc4ccccc4c3)C3CC3)c(C)nn2-c2cccc(F)c2)CC1. The molecule has 0 bridgehead atoms. The number of likely N-dealkylation sites (N-methyl/N-ethyl adjacent to an activating group) is 1. The van der Waals surface area contributed by atoms with Crippen molar-refractivity contribution in [3.05, 3.63) is 89.4 Å². The van der Waals surface area contributed by atoms with Gasteiger partial charge in [0.1, 0.15) is 11.6 Å². The van der Waals surface area contributed by atoms with Crippen molar-refractivity contribution in [3.63, 3.8) is 0 Å². The first-order valence-corrected chi connectivity index (χ1v) is 13.6. The molecule has 2 aliphatic rings. The molecule has 38 heavy (non-hydrogen) atoms. The number of fused-ring (bicyclic) bond motifs is 1. The summed E-state index contributed by atoms with van der Waals surface area (Å²) in [6.45, 7) is 9.36. The van der Waals surface area contributed by atoms with Gasteiger partial charge in [-0.05, 0) is 67.4 Å². The van der Waals surface area contributed by atoms with Crippen molar-refractivity contribution in [3.8, 4) is 5.69 Å². The molecule has 2 heterocycles. The molecule has 2 fully saturated rings. The molecule has 1 saturated heterocycles. The summed E-state index contributed by atoms with van der Waals surface area (Å²) in [7, 11) is 0. The molecule has 1 aliphatic heterocycles. The van der Waals surface area contributed by atoms with E-state index in [9.17, 15) is 9.18 Å². The topological polar surface area (TPSA) is 44.6 Å². The number of hydrogen-bond donors (Lipinski definition) is 0. The van der Waals surface area contributed by atoms with Gasteiger partial charge in [-0.25, -0.2) is 9.07 Å². The van der Waals surface area contributed by atoms with Crippen LogP contribution < -0.4 is 4.90 Å². The molecule has 0 spiro atoms. The molecule has 0 atom stereocenters. The fraction of sp³-hybridized carbons (Fsp3) is 0.355. The maximum Gasteiger partial charge on any atom is 0.254 e. The lowest BCUT2D eigenvalue weighted by Crippen LogP contribution is -2.47. The molecule has 3 aromatic carbocycles. The zero-order valence-electron chi connectivity index (χ0n) is 22.1. The van der Waals surface area contributed by atoms with Crippen LogP contribution in [0.2, 0.25) is 0 Å². The number of benzene rings is 3. The fourth-order valence-electron chi connectivity index (χ4n) is 5.53. The Labute approximate surface area is 223 Å². The molecule has 4 aromatic rings. The highest BCUT2D eigenvalue weighted by atomic mass is 19.1. The number of aromatic nitrogens is 2. The van der Waals surface area contributed by atoms with Crippen LogP contribution in [0, 0.1) is 12.7 Å². The highest BCUT2D eigenvalue weighted by Gasteiger charge is 2.36. The van der Waals surface area contributed by atoms with E-state index in [1.165, 1.54) is 12.1 Å². The Balaban J connectivity index is 1.38. The van der Waals surface area contributed by atoms with Gasteiger partial charge in [-0.15, -0.1) is 0 Å². The van der Waals surface area contributed by atoms with Gasteiger partial charge in [0, 0.05) is 43.3 Å². The molecule has 0 unspecified atom stereocenters. The summed E-state index contributed by atoms with van der Waals surface area (Å²) in [5, 5.41) is 7.09. The largest absolute Gasteiger partial charge is 0.354 e. The Bertz CT molecular complexity index is 1470. The lowest BCUT2D eigenvalue weighted by molar-refractivity contribution is 0.0730. The second-order valence-electron chi connectivity index (χ2n) is 10.4. The van der Waals surface area contributed by atoms with Crippen LogP contribution in [0.3, 0.4) is 0 Å². The van der Waals surface area contributed by atoms with Crippen LogP contribution in [-0.2, 0) is 6.54 Å². The second kappa shape index (κ2) is 10.2. The molecule has 1 aliphatic carbocycles. The minimum Gasteiger partial charge on any atom is -0.354 e. The van der Waals surface area contributed by atoms with Crippen molar-refractivity contribution in [2.45, 2.75) is 39.3 Å². The number of hydrogen-bond acceptors (Lipinski definition) is 4. The lowest BCUT2D eigenvalue weighted by Gasteiger charge is -2.36. The molecule has 1 aromatic heterocycles. The molecule has 6 rings (SSSR count). The molecule has 6 nitrogen and oxygen atoms in total. The number of aryl methyl sites for hydroxylation is 1. The normalized spacial score (nSPS) is 16.2. The fourth-order valence-corrected chi connectivity index (χ4v) is 5.53. The summed E-state index contributed by atoms with van der Waals surface area (Å²) in [6, 6.07) is 20.9. The van der Waals surface area contributed by atoms with Crippen molar-refractivity contribution in [1.82, 2.24) is 19.6 Å². The van der Waals surface area contributed by atoms with Gasteiger partial charge in [0.15, 0.2) is 0 Å². The smallest absolute Gasteiger partial charge is 0.254 e. The van der Waals surface area contributed by atoms with Crippen LogP contribution in [0.15, 0.2) is 66.7 Å². The number of anilines is 1. The summed E-state index contributed by atoms with van der Waals surface area (Å²) in [5.74, 6) is 0.740. The van der Waals surface area contributed by atoms with Crippen molar-refractivity contribution in [2.75, 3.05) is 37.6 Å². The highest BCUT2D eigenvalue weighted by Crippen LogP contribution is 2.35. The predicted octanol–water partition coefficient (Wildman–Crippen LogP) is 5.42. The van der Waals surface area contributed by atoms with Crippen LogP contribution >= 0.6 is 0 Å². The molecule has 7 heteroatoms. The van der Waals surface area contributed by atoms with Gasteiger partial charge in [-0.1, -0.05) is 43.3 Å². The van der Waals surface area contributed by atoms with Gasteiger partial charge >= 0.3 is 0 Å². The quantitative estimate of drug-likeness (QED) is 0.332. The van der Waals surface area contributed by atoms with Crippen LogP contribution in [0.25, 0.3) is 16.5 Å². The van der Waals surface area contributed by atoms with Crippen LogP contribution in [0.1, 0.15) is 41.4 Å². The molecular formula is C31H34FN5O. The van der Waals surface area contributed by atoms with Gasteiger partial charge in [0.25, 0.3) is 5.91 Å². The van der Waals surface area contributed by atoms with Gasteiger partial charge in [-0.2, -0.15) is 5.10 Å². The van der Waals surface area contributed by atoms with Gasteiger partial charge in [0.05, 0.1) is 17.9 Å². The second-order valence-corrected chi connectivity index (χ2v) is 10.4. The summed E-state index contributed by atoms with van der Waals surface area (Å²) in [5.41, 5.74) is 3.33. The third-order valence-electron chi connectivity index (χ3n) is 7.90. The molecular weight excluding hydrogens is 477 g/mol. The monoisotopic (exact) mass is 511 g/mol. The molecule has 0 N–H and O–H groups in total. The maximum atomic E-state index is 14.2. The predicted molar refractivity (Wildman–Crippen MR) is 149 cm³/mol. The lowest BCUT2D eigenvalue weighted by atomic mass is 10.1. The average Bonchev–Trinajstić information content (AvgIpc) is 3.74. The standard InChI is InChI=1S/C31H34FN5O/c1-3-34-15-17-35(18-16-34)30-29(22(2)33-37(30)28-10-6-9-26(32)20-28)21-36(27-13-14-27)31(38)25-12-11-23-7-4-5-8-24(23)19-25/h4-12,19-20,27H,3,13-18,21H2,1-2H3. The summed E-state index contributed by atoms with van der Waals surface area (Å²) >= 11 is 0. The number of halogens is 1. The van der Waals surface area contributed by atoms with Gasteiger partial charge < -0.3 is 14.7 Å². The minimum atomic E-state index is -0.287. The zero-order valence-corrected chi connectivity index (χ0v) is 22.1. The minimum absolute atomic E-state index is 0.0536. The van der Waals surface area contributed by atoms with E-state index in [2.05, 4.69) is 28.9 Å². The first-order valence-electron chi connectivity index (χ1n) is 13.6. The maximum absolute atomic E-state index is 14.2. The van der Waals surface area contributed by atoms with Crippen LogP contribution in [-0.4, -0.2) is 64.3 Å². The first-order chi connectivity index (χ1) is 18.5. The Morgan fingerprint density at radius 1 is 0.974 bits per heavy atom. The van der Waals surface area contributed by atoms with E-state index in [-0.39, 0.29) is 17.8 Å². The van der Waals surface area contributed by atoms with E-state index in [0.717, 1.165) is 73.4 Å². The Hall–Kier alpha value is -3.71. The number of rotatable bonds is 7. The molecule has 0 radical (unpaired) electrons. The van der Waals surface area contributed by atoms with E-state index in [0.29, 0.717) is 17.8 Å². The summed E-state index contributed by atoms with van der Waals surface area (Å²) in [6.07, 6.45) is 2.03. The third-order valence-corrected chi connectivity index (χ3v) is 7.90. The van der Waals surface area contributed by atoms with E-state index >= 15 is 0 Å². The van der Waals surface area contributed by atoms with Crippen molar-refractivity contribution in [1.29, 1.82) is 0 Å². The zero-order chi connectivity index (χ0) is 26.2. The number of amides is 1. The van der Waals surface area contributed by atoms with Crippen molar-refractivity contribution >= 4 is 22.5 Å². The molecule has 1 amide bonds. The highest BCUT2D eigenvalue weighted by molar-refractivity contribution is 5.99. The van der Waals surface area contributed by atoms with Crippen LogP contribution in [0.4, 0.5) is 10.2 Å².